The van der Waals surface area contributed by atoms with E-state index in [1.807, 2.05) is 0 Å². The molecule has 0 aliphatic rings. The summed E-state index contributed by atoms with van der Waals surface area (Å²) in [6, 6.07) is 6.27. The van der Waals surface area contributed by atoms with Crippen LogP contribution in [-0.4, -0.2) is 16.1 Å². The van der Waals surface area contributed by atoms with Crippen LogP contribution in [-0.2, 0) is 13.5 Å². The van der Waals surface area contributed by atoms with Gasteiger partial charge >= 0.3 is 0 Å². The Morgan fingerprint density at radius 2 is 2.12 bits per heavy atom. The quantitative estimate of drug-likeness (QED) is 0.798. The van der Waals surface area contributed by atoms with E-state index >= 15 is 0 Å². The largest absolute Gasteiger partial charge is 0.331 e. The Kier molecular flexibility index (Phi) is 3.25. The van der Waals surface area contributed by atoms with Gasteiger partial charge in [-0.25, -0.2) is 4.98 Å². The molecule has 1 aromatic heterocycles. The third-order valence-electron chi connectivity index (χ3n) is 3.04. The molecule has 1 aromatic carbocycles. The van der Waals surface area contributed by atoms with Gasteiger partial charge in [-0.3, -0.25) is 0 Å². The minimum absolute atomic E-state index is 0.767. The van der Waals surface area contributed by atoms with Gasteiger partial charge in [0.25, 0.3) is 0 Å². The number of nitrogens with two attached hydrogens (primary N) is 1. The lowest BCUT2D eigenvalue weighted by molar-refractivity contribution is 0.693. The average Bonchev–Trinajstić information content (AvgIpc) is 2.58. The molecular weight excluding hydrogens is 198 g/mol. The molecule has 2 rings (SSSR count). The number of unbranched alkanes of at least 4 members (excludes halogenated alkanes) is 1. The number of hydrogen-bond donors (Lipinski definition) is 1. The Morgan fingerprint density at radius 3 is 2.81 bits per heavy atom. The molecule has 0 amide bonds. The van der Waals surface area contributed by atoms with Crippen molar-refractivity contribution in [1.82, 2.24) is 9.55 Å². The van der Waals surface area contributed by atoms with E-state index in [-0.39, 0.29) is 0 Å². The summed E-state index contributed by atoms with van der Waals surface area (Å²) in [4.78, 5) is 4.67. The lowest BCUT2D eigenvalue weighted by Gasteiger charge is -2.03. The molecule has 2 N–H and O–H groups in total. The van der Waals surface area contributed by atoms with E-state index in [0.29, 0.717) is 0 Å². The third-order valence-corrected chi connectivity index (χ3v) is 3.04. The monoisotopic (exact) mass is 217 g/mol. The average molecular weight is 217 g/mol. The van der Waals surface area contributed by atoms with E-state index in [2.05, 4.69) is 41.7 Å². The Morgan fingerprint density at radius 1 is 1.31 bits per heavy atom. The van der Waals surface area contributed by atoms with Gasteiger partial charge < -0.3 is 10.3 Å². The van der Waals surface area contributed by atoms with Crippen molar-refractivity contribution in [2.45, 2.75) is 26.2 Å². The van der Waals surface area contributed by atoms with Crippen LogP contribution in [0.15, 0.2) is 18.2 Å². The number of aryl methyl sites for hydroxylation is 3. The van der Waals surface area contributed by atoms with Crippen LogP contribution in [0.2, 0.25) is 0 Å². The van der Waals surface area contributed by atoms with Gasteiger partial charge in [0.2, 0.25) is 0 Å². The second kappa shape index (κ2) is 4.66. The fourth-order valence-corrected chi connectivity index (χ4v) is 2.16. The summed E-state index contributed by atoms with van der Waals surface area (Å²) in [5, 5.41) is 0. The summed E-state index contributed by atoms with van der Waals surface area (Å²) in [5.74, 6) is 1.16. The Labute approximate surface area is 96.3 Å². The molecule has 0 radical (unpaired) electrons. The molecule has 0 aliphatic carbocycles. The van der Waals surface area contributed by atoms with Gasteiger partial charge in [-0.05, 0) is 37.9 Å². The zero-order valence-corrected chi connectivity index (χ0v) is 10.0. The van der Waals surface area contributed by atoms with Crippen LogP contribution in [0.1, 0.15) is 24.2 Å². The summed E-state index contributed by atoms with van der Waals surface area (Å²) >= 11 is 0. The highest BCUT2D eigenvalue weighted by molar-refractivity contribution is 5.79. The summed E-state index contributed by atoms with van der Waals surface area (Å²) in [6.45, 7) is 2.90. The fraction of sp³-hybridized carbons (Fsp3) is 0.462. The third kappa shape index (κ3) is 1.95. The molecule has 0 saturated heterocycles. The van der Waals surface area contributed by atoms with E-state index in [9.17, 15) is 0 Å². The Hall–Kier alpha value is -1.35. The van der Waals surface area contributed by atoms with E-state index < -0.39 is 0 Å². The minimum Gasteiger partial charge on any atom is -0.331 e. The van der Waals surface area contributed by atoms with Crippen molar-refractivity contribution < 1.29 is 0 Å². The van der Waals surface area contributed by atoms with Crippen molar-refractivity contribution in [3.8, 4) is 0 Å². The highest BCUT2D eigenvalue weighted by Crippen LogP contribution is 2.19. The number of para-hydroxylation sites is 1. The molecule has 0 bridgehead atoms. The molecule has 3 heteroatoms. The fourth-order valence-electron chi connectivity index (χ4n) is 2.16. The van der Waals surface area contributed by atoms with Crippen LogP contribution in [0.4, 0.5) is 0 Å². The number of imidazole rings is 1. The molecule has 1 heterocycles. The molecule has 0 aliphatic heterocycles. The van der Waals surface area contributed by atoms with Crippen LogP contribution in [0.5, 0.6) is 0 Å². The van der Waals surface area contributed by atoms with Crippen molar-refractivity contribution >= 4 is 11.0 Å². The number of benzene rings is 1. The van der Waals surface area contributed by atoms with Gasteiger partial charge in [-0.1, -0.05) is 12.1 Å². The number of rotatable bonds is 4. The van der Waals surface area contributed by atoms with E-state index in [4.69, 9.17) is 5.73 Å². The van der Waals surface area contributed by atoms with E-state index in [1.54, 1.807) is 0 Å². The molecule has 0 fully saturated rings. The molecule has 0 unspecified atom stereocenters. The lowest BCUT2D eigenvalue weighted by Crippen LogP contribution is -2.02. The standard InChI is InChI=1S/C13H19N3/c1-10-6-5-7-11-13(10)16(2)12(15-11)8-3-4-9-14/h5-7H,3-4,8-9,14H2,1-2H3. The van der Waals surface area contributed by atoms with Gasteiger partial charge in [-0.15, -0.1) is 0 Å². The Bertz CT molecular complexity index is 485. The first-order valence-electron chi connectivity index (χ1n) is 5.85. The van der Waals surface area contributed by atoms with Gasteiger partial charge in [0.15, 0.2) is 0 Å². The SMILES string of the molecule is Cc1cccc2nc(CCCCN)n(C)c12. The maximum atomic E-state index is 5.50. The van der Waals surface area contributed by atoms with Crippen LogP contribution in [0.3, 0.4) is 0 Å². The summed E-state index contributed by atoms with van der Waals surface area (Å²) in [5.41, 5.74) is 9.15. The zero-order valence-electron chi connectivity index (χ0n) is 10.0. The molecule has 3 nitrogen and oxygen atoms in total. The summed E-state index contributed by atoms with van der Waals surface area (Å²) in [7, 11) is 2.10. The highest BCUT2D eigenvalue weighted by atomic mass is 15.1. The molecule has 0 atom stereocenters. The van der Waals surface area contributed by atoms with Crippen molar-refractivity contribution in [2.75, 3.05) is 6.54 Å². The van der Waals surface area contributed by atoms with Crippen LogP contribution in [0, 0.1) is 6.92 Å². The van der Waals surface area contributed by atoms with Crippen molar-refractivity contribution in [3.63, 3.8) is 0 Å². The first kappa shape index (κ1) is 11.1. The van der Waals surface area contributed by atoms with Crippen LogP contribution < -0.4 is 5.73 Å². The van der Waals surface area contributed by atoms with Crippen molar-refractivity contribution in [3.05, 3.63) is 29.6 Å². The molecule has 2 aromatic rings. The number of nitrogens with zero attached hydrogens (tertiary/aromatic N) is 2. The number of hydrogen-bond acceptors (Lipinski definition) is 2. The van der Waals surface area contributed by atoms with Gasteiger partial charge in [-0.2, -0.15) is 0 Å². The van der Waals surface area contributed by atoms with Crippen molar-refractivity contribution in [1.29, 1.82) is 0 Å². The first-order valence-corrected chi connectivity index (χ1v) is 5.85. The summed E-state index contributed by atoms with van der Waals surface area (Å²) < 4.78 is 2.21. The number of aromatic nitrogens is 2. The lowest BCUT2D eigenvalue weighted by atomic mass is 10.2. The summed E-state index contributed by atoms with van der Waals surface area (Å²) in [6.07, 6.45) is 3.21. The van der Waals surface area contributed by atoms with Gasteiger partial charge in [0.05, 0.1) is 11.0 Å². The molecule has 16 heavy (non-hydrogen) atoms. The van der Waals surface area contributed by atoms with Crippen LogP contribution >= 0.6 is 0 Å². The van der Waals surface area contributed by atoms with E-state index in [0.717, 1.165) is 37.1 Å². The normalized spacial score (nSPS) is 11.2. The predicted molar refractivity (Wildman–Crippen MR) is 67.4 cm³/mol. The second-order valence-corrected chi connectivity index (χ2v) is 4.28. The topological polar surface area (TPSA) is 43.8 Å². The maximum absolute atomic E-state index is 5.50. The predicted octanol–water partition coefficient (Wildman–Crippen LogP) is 2.16. The van der Waals surface area contributed by atoms with Gasteiger partial charge in [0.1, 0.15) is 5.82 Å². The zero-order chi connectivity index (χ0) is 11.5. The maximum Gasteiger partial charge on any atom is 0.109 e. The smallest absolute Gasteiger partial charge is 0.109 e. The van der Waals surface area contributed by atoms with Crippen LogP contribution in [0.25, 0.3) is 11.0 Å². The highest BCUT2D eigenvalue weighted by Gasteiger charge is 2.08. The minimum atomic E-state index is 0.767. The first-order chi connectivity index (χ1) is 7.74. The second-order valence-electron chi connectivity index (χ2n) is 4.28. The van der Waals surface area contributed by atoms with Crippen molar-refractivity contribution in [2.24, 2.45) is 12.8 Å². The molecule has 86 valence electrons. The molecule has 0 saturated carbocycles. The molecule has 0 spiro atoms. The molecular formula is C13H19N3. The van der Waals surface area contributed by atoms with E-state index in [1.165, 1.54) is 11.1 Å². The number of fused-ring (bicyclic) bond motifs is 1. The van der Waals surface area contributed by atoms with Gasteiger partial charge in [0, 0.05) is 13.5 Å². The Balaban J connectivity index is 2.33.